The van der Waals surface area contributed by atoms with Gasteiger partial charge in [-0.2, -0.15) is 0 Å². The van der Waals surface area contributed by atoms with Crippen LogP contribution in [-0.2, 0) is 19.1 Å². The first-order chi connectivity index (χ1) is 8.65. The van der Waals surface area contributed by atoms with E-state index < -0.39 is 0 Å². The smallest absolute Gasteiger partial charge is 0.311 e. The standard InChI is InChI=1S/C13H25NO4/c1-3-6-11(7-4-2)13(16)18-10-17-12(15)8-5-9-14/h11H,3-10,14H2,1-2H3/p+1. The summed E-state index contributed by atoms with van der Waals surface area (Å²) in [7, 11) is 0. The Hall–Kier alpha value is -1.10. The van der Waals surface area contributed by atoms with Gasteiger partial charge in [-0.05, 0) is 12.8 Å². The lowest BCUT2D eigenvalue weighted by Crippen LogP contribution is -2.50. The fourth-order valence-electron chi connectivity index (χ4n) is 1.69. The molecule has 0 spiro atoms. The van der Waals surface area contributed by atoms with Crippen LogP contribution in [0.3, 0.4) is 0 Å². The van der Waals surface area contributed by atoms with Gasteiger partial charge in [-0.15, -0.1) is 0 Å². The van der Waals surface area contributed by atoms with Crippen molar-refractivity contribution >= 4 is 11.9 Å². The SMILES string of the molecule is CCCC(CCC)C(=O)OCOC(=O)CCC[NH3+]. The summed E-state index contributed by atoms with van der Waals surface area (Å²) in [6.45, 7) is 4.51. The lowest BCUT2D eigenvalue weighted by Gasteiger charge is -2.14. The Balaban J connectivity index is 3.82. The Morgan fingerprint density at radius 1 is 1.11 bits per heavy atom. The molecule has 18 heavy (non-hydrogen) atoms. The van der Waals surface area contributed by atoms with Crippen molar-refractivity contribution in [2.75, 3.05) is 13.3 Å². The largest absolute Gasteiger partial charge is 0.428 e. The highest BCUT2D eigenvalue weighted by atomic mass is 16.7. The van der Waals surface area contributed by atoms with Gasteiger partial charge in [0.15, 0.2) is 0 Å². The summed E-state index contributed by atoms with van der Waals surface area (Å²) >= 11 is 0. The Bertz CT molecular complexity index is 237. The third-order valence-corrected chi connectivity index (χ3v) is 2.66. The Morgan fingerprint density at radius 3 is 2.22 bits per heavy atom. The molecular weight excluding hydrogens is 234 g/mol. The number of rotatable bonds is 10. The fraction of sp³-hybridized carbons (Fsp3) is 0.846. The molecule has 3 N–H and O–H groups in total. The van der Waals surface area contributed by atoms with Crippen molar-refractivity contribution in [1.82, 2.24) is 0 Å². The van der Waals surface area contributed by atoms with Crippen molar-refractivity contribution < 1.29 is 24.8 Å². The molecule has 0 aliphatic heterocycles. The monoisotopic (exact) mass is 260 g/mol. The van der Waals surface area contributed by atoms with E-state index in [9.17, 15) is 9.59 Å². The van der Waals surface area contributed by atoms with E-state index in [0.29, 0.717) is 19.4 Å². The minimum absolute atomic E-state index is 0.0708. The van der Waals surface area contributed by atoms with Crippen molar-refractivity contribution in [3.8, 4) is 0 Å². The van der Waals surface area contributed by atoms with E-state index in [0.717, 1.165) is 25.7 Å². The van der Waals surface area contributed by atoms with Crippen LogP contribution in [0.4, 0.5) is 0 Å². The van der Waals surface area contributed by atoms with Gasteiger partial charge >= 0.3 is 11.9 Å². The summed E-state index contributed by atoms with van der Waals surface area (Å²) < 4.78 is 9.77. The quantitative estimate of drug-likeness (QED) is 0.474. The fourth-order valence-corrected chi connectivity index (χ4v) is 1.69. The van der Waals surface area contributed by atoms with Crippen LogP contribution < -0.4 is 5.73 Å². The molecule has 0 amide bonds. The third kappa shape index (κ3) is 8.06. The number of quaternary nitrogens is 1. The normalized spacial score (nSPS) is 10.4. The van der Waals surface area contributed by atoms with Gasteiger partial charge < -0.3 is 15.2 Å². The number of hydrogen-bond acceptors (Lipinski definition) is 4. The minimum atomic E-state index is -0.339. The summed E-state index contributed by atoms with van der Waals surface area (Å²) in [6, 6.07) is 0. The number of carbonyl (C=O) groups excluding carboxylic acids is 2. The first-order valence-electron chi connectivity index (χ1n) is 6.77. The molecule has 0 heterocycles. The maximum Gasteiger partial charge on any atom is 0.311 e. The average Bonchev–Trinajstić information content (AvgIpc) is 2.36. The first-order valence-corrected chi connectivity index (χ1v) is 6.77. The summed E-state index contributed by atoms with van der Waals surface area (Å²) in [4.78, 5) is 22.9. The molecule has 0 aromatic rings. The molecule has 0 aromatic carbocycles. The average molecular weight is 260 g/mol. The zero-order chi connectivity index (χ0) is 13.8. The third-order valence-electron chi connectivity index (χ3n) is 2.66. The predicted molar refractivity (Wildman–Crippen MR) is 67.3 cm³/mol. The molecule has 0 aromatic heterocycles. The van der Waals surface area contributed by atoms with Gasteiger partial charge in [-0.1, -0.05) is 26.7 Å². The van der Waals surface area contributed by atoms with Crippen molar-refractivity contribution in [3.05, 3.63) is 0 Å². The molecule has 0 aliphatic carbocycles. The molecule has 0 aliphatic rings. The van der Waals surface area contributed by atoms with Crippen LogP contribution in [0.1, 0.15) is 52.4 Å². The highest BCUT2D eigenvalue weighted by molar-refractivity contribution is 5.73. The van der Waals surface area contributed by atoms with Crippen molar-refractivity contribution in [2.24, 2.45) is 5.92 Å². The van der Waals surface area contributed by atoms with Gasteiger partial charge in [0.2, 0.25) is 6.79 Å². The summed E-state index contributed by atoms with van der Waals surface area (Å²) in [5.74, 6) is -0.670. The van der Waals surface area contributed by atoms with Crippen LogP contribution in [0, 0.1) is 5.92 Å². The maximum atomic E-state index is 11.7. The van der Waals surface area contributed by atoms with Gasteiger partial charge in [0.1, 0.15) is 0 Å². The lowest BCUT2D eigenvalue weighted by molar-refractivity contribution is -0.368. The molecule has 0 bridgehead atoms. The van der Waals surface area contributed by atoms with E-state index in [4.69, 9.17) is 9.47 Å². The van der Waals surface area contributed by atoms with Gasteiger partial charge in [0.05, 0.1) is 18.9 Å². The molecule has 0 radical (unpaired) electrons. The van der Waals surface area contributed by atoms with Crippen LogP contribution in [0.25, 0.3) is 0 Å². The summed E-state index contributed by atoms with van der Waals surface area (Å²) in [5.41, 5.74) is 3.64. The van der Waals surface area contributed by atoms with Crippen molar-refractivity contribution in [2.45, 2.75) is 52.4 Å². The van der Waals surface area contributed by atoms with Crippen LogP contribution in [0.2, 0.25) is 0 Å². The van der Waals surface area contributed by atoms with Crippen molar-refractivity contribution in [1.29, 1.82) is 0 Å². The molecule has 0 saturated carbocycles. The molecule has 0 saturated heterocycles. The first kappa shape index (κ1) is 16.9. The second kappa shape index (κ2) is 11.0. The van der Waals surface area contributed by atoms with Crippen LogP contribution in [0.15, 0.2) is 0 Å². The zero-order valence-corrected chi connectivity index (χ0v) is 11.6. The highest BCUT2D eigenvalue weighted by Crippen LogP contribution is 2.15. The molecule has 106 valence electrons. The second-order valence-electron chi connectivity index (χ2n) is 4.33. The molecule has 0 rings (SSSR count). The lowest BCUT2D eigenvalue weighted by atomic mass is 9.99. The van der Waals surface area contributed by atoms with Gasteiger partial charge in [-0.3, -0.25) is 9.59 Å². The molecule has 0 atom stereocenters. The minimum Gasteiger partial charge on any atom is -0.428 e. The van der Waals surface area contributed by atoms with E-state index in [1.54, 1.807) is 0 Å². The van der Waals surface area contributed by atoms with Crippen molar-refractivity contribution in [3.63, 3.8) is 0 Å². The number of ether oxygens (including phenoxy) is 2. The second-order valence-corrected chi connectivity index (χ2v) is 4.33. The van der Waals surface area contributed by atoms with Gasteiger partial charge in [0, 0.05) is 6.42 Å². The highest BCUT2D eigenvalue weighted by Gasteiger charge is 2.18. The van der Waals surface area contributed by atoms with Crippen LogP contribution >= 0.6 is 0 Å². The topological polar surface area (TPSA) is 80.2 Å². The molecular formula is C13H26NO4+. The summed E-state index contributed by atoms with van der Waals surface area (Å²) in [6.07, 6.45) is 4.56. The number of hydrogen-bond donors (Lipinski definition) is 1. The van der Waals surface area contributed by atoms with E-state index in [2.05, 4.69) is 5.73 Å². The number of esters is 2. The van der Waals surface area contributed by atoms with Crippen LogP contribution in [-0.4, -0.2) is 25.3 Å². The van der Waals surface area contributed by atoms with Gasteiger partial charge in [-0.25, -0.2) is 0 Å². The van der Waals surface area contributed by atoms with E-state index in [1.807, 2.05) is 13.8 Å². The Kier molecular flexibility index (Phi) is 10.3. The number of carbonyl (C=O) groups is 2. The summed E-state index contributed by atoms with van der Waals surface area (Å²) in [5, 5.41) is 0. The molecule has 0 fully saturated rings. The maximum absolute atomic E-state index is 11.7. The predicted octanol–water partition coefficient (Wildman–Crippen LogP) is 1.27. The van der Waals surface area contributed by atoms with E-state index in [1.165, 1.54) is 0 Å². The Morgan fingerprint density at radius 2 is 1.72 bits per heavy atom. The Labute approximate surface area is 109 Å². The molecule has 5 nitrogen and oxygen atoms in total. The molecule has 0 unspecified atom stereocenters. The molecule has 5 heteroatoms. The van der Waals surface area contributed by atoms with E-state index in [-0.39, 0.29) is 24.6 Å². The van der Waals surface area contributed by atoms with E-state index >= 15 is 0 Å². The van der Waals surface area contributed by atoms with Crippen LogP contribution in [0.5, 0.6) is 0 Å². The van der Waals surface area contributed by atoms with Gasteiger partial charge in [0.25, 0.3) is 0 Å². The zero-order valence-electron chi connectivity index (χ0n) is 11.6.